The van der Waals surface area contributed by atoms with Gasteiger partial charge in [0.15, 0.2) is 5.75 Å². The molecule has 0 spiro atoms. The largest absolute Gasteiger partial charge is 0.492 e. The van der Waals surface area contributed by atoms with Crippen molar-refractivity contribution in [2.45, 2.75) is 31.3 Å². The van der Waals surface area contributed by atoms with Gasteiger partial charge in [-0.25, -0.2) is 9.78 Å². The summed E-state index contributed by atoms with van der Waals surface area (Å²) in [6, 6.07) is 1.68. The number of rotatable bonds is 7. The van der Waals surface area contributed by atoms with E-state index < -0.39 is 11.4 Å². The maximum Gasteiger partial charge on any atom is 0.341 e. The molecule has 1 aliphatic heterocycles. The van der Waals surface area contributed by atoms with E-state index in [2.05, 4.69) is 15.2 Å². The molecule has 2 atom stereocenters. The van der Waals surface area contributed by atoms with Crippen LogP contribution in [0.3, 0.4) is 0 Å². The van der Waals surface area contributed by atoms with Crippen LogP contribution in [-0.4, -0.2) is 47.9 Å². The molecule has 0 bridgehead atoms. The minimum atomic E-state index is -1.25. The first-order valence-corrected chi connectivity index (χ1v) is 11.3. The van der Waals surface area contributed by atoms with E-state index in [4.69, 9.17) is 20.8 Å². The maximum atomic E-state index is 13.0. The van der Waals surface area contributed by atoms with Gasteiger partial charge in [0.2, 0.25) is 11.3 Å². The summed E-state index contributed by atoms with van der Waals surface area (Å²) in [5, 5.41) is 13.5. The van der Waals surface area contributed by atoms with Crippen LogP contribution in [0.1, 0.15) is 47.6 Å². The normalized spacial score (nSPS) is 19.2. The molecule has 2 unspecified atom stereocenters. The number of carboxylic acids is 1. The minimum Gasteiger partial charge on any atom is -0.492 e. The van der Waals surface area contributed by atoms with E-state index in [1.165, 1.54) is 6.20 Å². The second-order valence-electron chi connectivity index (χ2n) is 8.58. The number of hydrogen-bond donors (Lipinski definition) is 2. The first kappa shape index (κ1) is 21.8. The van der Waals surface area contributed by atoms with Crippen LogP contribution in [-0.2, 0) is 0 Å². The highest BCUT2D eigenvalue weighted by atomic mass is 35.5. The third-order valence-corrected chi connectivity index (χ3v) is 6.90. The fourth-order valence-corrected chi connectivity index (χ4v) is 5.25. The number of anilines is 1. The zero-order valence-electron chi connectivity index (χ0n) is 18.4. The van der Waals surface area contributed by atoms with Gasteiger partial charge < -0.3 is 29.0 Å². The van der Waals surface area contributed by atoms with Crippen molar-refractivity contribution in [2.75, 3.05) is 32.1 Å². The van der Waals surface area contributed by atoms with Crippen molar-refractivity contribution in [1.29, 1.82) is 0 Å². The standard InChI is InChI=1S/C23H25ClN4O5/c1-25-17(22-26-6-8-33-22)12-5-7-27(10-12)19-16(24)9-14-18(21(19)32-2)28(13-3-4-13)11-15(20(14)29)23(30)31/h6,8-9,11-13,17,25H,3-5,7,10H2,1-2H3,(H,30,31). The molecule has 3 heterocycles. The molecule has 2 aliphatic rings. The smallest absolute Gasteiger partial charge is 0.341 e. The number of nitrogens with one attached hydrogen (secondary N) is 1. The summed E-state index contributed by atoms with van der Waals surface area (Å²) in [4.78, 5) is 31.1. The molecule has 33 heavy (non-hydrogen) atoms. The number of oxazole rings is 1. The van der Waals surface area contributed by atoms with Crippen LogP contribution in [0.4, 0.5) is 5.69 Å². The van der Waals surface area contributed by atoms with Gasteiger partial charge in [-0.3, -0.25) is 4.79 Å². The Morgan fingerprint density at radius 1 is 1.39 bits per heavy atom. The fraction of sp³-hybridized carbons (Fsp3) is 0.435. The van der Waals surface area contributed by atoms with Gasteiger partial charge in [0, 0.05) is 31.2 Å². The van der Waals surface area contributed by atoms with Gasteiger partial charge in [0.25, 0.3) is 0 Å². The van der Waals surface area contributed by atoms with Crippen molar-refractivity contribution in [2.24, 2.45) is 5.92 Å². The van der Waals surface area contributed by atoms with Gasteiger partial charge in [-0.15, -0.1) is 0 Å². The molecule has 0 amide bonds. The molecule has 3 aromatic rings. The predicted octanol–water partition coefficient (Wildman–Crippen LogP) is 3.47. The zero-order chi connectivity index (χ0) is 23.3. The third kappa shape index (κ3) is 3.65. The number of nitrogens with zero attached hydrogens (tertiary/aromatic N) is 3. The van der Waals surface area contributed by atoms with Crippen molar-refractivity contribution in [1.82, 2.24) is 14.9 Å². The second-order valence-corrected chi connectivity index (χ2v) is 8.99. The number of halogens is 1. The first-order valence-electron chi connectivity index (χ1n) is 10.9. The molecule has 1 saturated carbocycles. The lowest BCUT2D eigenvalue weighted by Gasteiger charge is -2.26. The Labute approximate surface area is 194 Å². The van der Waals surface area contributed by atoms with E-state index >= 15 is 0 Å². The van der Waals surface area contributed by atoms with Gasteiger partial charge in [-0.05, 0) is 32.4 Å². The summed E-state index contributed by atoms with van der Waals surface area (Å²) < 4.78 is 13.2. The number of carbonyl (C=O) groups is 1. The third-order valence-electron chi connectivity index (χ3n) is 6.61. The number of aromatic carboxylic acids is 1. The van der Waals surface area contributed by atoms with Crippen molar-refractivity contribution >= 4 is 34.2 Å². The van der Waals surface area contributed by atoms with Crippen molar-refractivity contribution in [3.05, 3.63) is 51.4 Å². The van der Waals surface area contributed by atoms with Gasteiger partial charge in [-0.1, -0.05) is 11.6 Å². The van der Waals surface area contributed by atoms with Gasteiger partial charge in [-0.2, -0.15) is 0 Å². The maximum absolute atomic E-state index is 13.0. The fourth-order valence-electron chi connectivity index (χ4n) is 4.94. The van der Waals surface area contributed by atoms with Crippen LogP contribution < -0.4 is 20.4 Å². The number of fused-ring (bicyclic) bond motifs is 1. The molecule has 9 nitrogen and oxygen atoms in total. The quantitative estimate of drug-likeness (QED) is 0.538. The summed E-state index contributed by atoms with van der Waals surface area (Å²) in [6.45, 7) is 1.43. The first-order chi connectivity index (χ1) is 15.9. The van der Waals surface area contributed by atoms with E-state index in [0.717, 1.165) is 25.8 Å². The molecule has 1 aromatic carbocycles. The van der Waals surface area contributed by atoms with Crippen LogP contribution >= 0.6 is 11.6 Å². The molecule has 1 saturated heterocycles. The Balaban J connectivity index is 1.62. The van der Waals surface area contributed by atoms with Gasteiger partial charge in [0.1, 0.15) is 17.5 Å². The molecule has 10 heteroatoms. The Morgan fingerprint density at radius 2 is 2.18 bits per heavy atom. The molecular formula is C23H25ClN4O5. The van der Waals surface area contributed by atoms with Crippen LogP contribution in [0.2, 0.25) is 5.02 Å². The summed E-state index contributed by atoms with van der Waals surface area (Å²) in [5.41, 5.74) is 0.493. The van der Waals surface area contributed by atoms with E-state index in [1.54, 1.807) is 25.6 Å². The molecule has 1 aliphatic carbocycles. The van der Waals surface area contributed by atoms with Gasteiger partial charge >= 0.3 is 5.97 Å². The Morgan fingerprint density at radius 3 is 2.79 bits per heavy atom. The lowest BCUT2D eigenvalue weighted by molar-refractivity contribution is 0.0695. The van der Waals surface area contributed by atoms with Crippen LogP contribution in [0.25, 0.3) is 10.9 Å². The number of ether oxygens (including phenoxy) is 1. The minimum absolute atomic E-state index is 0.0435. The number of carboxylic acid groups (broad SMARTS) is 1. The molecule has 2 fully saturated rings. The monoisotopic (exact) mass is 472 g/mol. The molecular weight excluding hydrogens is 448 g/mol. The molecule has 2 aromatic heterocycles. The molecule has 0 radical (unpaired) electrons. The SMILES string of the molecule is CNC(c1ncco1)C1CCN(c2c(Cl)cc3c(=O)c(C(=O)O)cn(C4CC4)c3c2OC)C1. The lowest BCUT2D eigenvalue weighted by atomic mass is 9.99. The van der Waals surface area contributed by atoms with Crippen molar-refractivity contribution in [3.8, 4) is 5.75 Å². The van der Waals surface area contributed by atoms with Crippen LogP contribution in [0.5, 0.6) is 5.75 Å². The second kappa shape index (κ2) is 8.39. The van der Waals surface area contributed by atoms with E-state index in [9.17, 15) is 14.7 Å². The Kier molecular flexibility index (Phi) is 5.54. The summed E-state index contributed by atoms with van der Waals surface area (Å²) in [7, 11) is 3.44. The van der Waals surface area contributed by atoms with Gasteiger partial charge in [0.05, 0.1) is 35.3 Å². The van der Waals surface area contributed by atoms with Crippen LogP contribution in [0, 0.1) is 5.92 Å². The molecule has 174 valence electrons. The lowest BCUT2D eigenvalue weighted by Crippen LogP contribution is -2.29. The highest BCUT2D eigenvalue weighted by Crippen LogP contribution is 2.47. The highest BCUT2D eigenvalue weighted by molar-refractivity contribution is 6.35. The number of methoxy groups -OCH3 is 1. The van der Waals surface area contributed by atoms with Crippen molar-refractivity contribution in [3.63, 3.8) is 0 Å². The average Bonchev–Trinajstić information content (AvgIpc) is 3.28. The number of aromatic nitrogens is 2. The summed E-state index contributed by atoms with van der Waals surface area (Å²) in [5.74, 6) is 0.119. The van der Waals surface area contributed by atoms with E-state index in [0.29, 0.717) is 34.4 Å². The number of benzene rings is 1. The highest BCUT2D eigenvalue weighted by Gasteiger charge is 2.36. The Hall–Kier alpha value is -3.04. The van der Waals surface area contributed by atoms with E-state index in [1.807, 2.05) is 11.6 Å². The average molecular weight is 473 g/mol. The Bertz CT molecular complexity index is 1270. The predicted molar refractivity (Wildman–Crippen MR) is 124 cm³/mol. The van der Waals surface area contributed by atoms with Crippen molar-refractivity contribution < 1.29 is 19.1 Å². The zero-order valence-corrected chi connectivity index (χ0v) is 19.1. The molecule has 2 N–H and O–H groups in total. The summed E-state index contributed by atoms with van der Waals surface area (Å²) in [6.07, 6.45) is 7.38. The molecule has 5 rings (SSSR count). The number of hydrogen-bond acceptors (Lipinski definition) is 7. The summed E-state index contributed by atoms with van der Waals surface area (Å²) >= 11 is 6.72. The van der Waals surface area contributed by atoms with E-state index in [-0.39, 0.29) is 29.0 Å². The topological polar surface area (TPSA) is 110 Å². The number of pyridine rings is 1. The van der Waals surface area contributed by atoms with Crippen LogP contribution in [0.15, 0.2) is 33.9 Å².